The molecule has 0 unspecified atom stereocenters. The Balaban J connectivity index is 1.70. The fraction of sp³-hybridized carbons (Fsp3) is 0.440. The number of benzene rings is 2. The number of halogens is 1. The van der Waals surface area contributed by atoms with Crippen LogP contribution < -0.4 is 10.1 Å². The van der Waals surface area contributed by atoms with Crippen molar-refractivity contribution < 1.29 is 18.7 Å². The Kier molecular flexibility index (Phi) is 6.25. The van der Waals surface area contributed by atoms with E-state index in [1.54, 1.807) is 6.07 Å². The first-order valence-corrected chi connectivity index (χ1v) is 11.1. The third-order valence-electron chi connectivity index (χ3n) is 6.01. The predicted octanol–water partition coefficient (Wildman–Crippen LogP) is 4.00. The SMILES string of the molecule is CCNC(=O)[C@H](CC)Oc1ccc2c(c1)[C@H](c1cccc(F)c1)N(C(=O)C1CC1)CC2. The highest BCUT2D eigenvalue weighted by Gasteiger charge is 2.39. The molecular weight excluding hydrogens is 395 g/mol. The summed E-state index contributed by atoms with van der Waals surface area (Å²) in [6.45, 7) is 4.94. The standard InChI is InChI=1S/C25H29FN2O3/c1-3-22(24(29)27-4-2)31-20-11-10-16-12-13-28(25(30)17-8-9-17)23(21(16)15-20)18-6-5-7-19(26)14-18/h5-7,10-11,14-15,17,22-23H,3-4,8-9,12-13H2,1-2H3,(H,27,29)/t22-,23-/m0/s1. The van der Waals surface area contributed by atoms with E-state index in [4.69, 9.17) is 4.74 Å². The Bertz CT molecular complexity index is 973. The van der Waals surface area contributed by atoms with Gasteiger partial charge in [0, 0.05) is 19.0 Å². The Morgan fingerprint density at radius 3 is 2.68 bits per heavy atom. The normalized spacial score (nSPS) is 18.8. The van der Waals surface area contributed by atoms with Gasteiger partial charge in [-0.2, -0.15) is 0 Å². The van der Waals surface area contributed by atoms with E-state index in [0.29, 0.717) is 25.3 Å². The maximum Gasteiger partial charge on any atom is 0.261 e. The number of hydrogen-bond donors (Lipinski definition) is 1. The quantitative estimate of drug-likeness (QED) is 0.731. The summed E-state index contributed by atoms with van der Waals surface area (Å²) in [6.07, 6.45) is 2.55. The summed E-state index contributed by atoms with van der Waals surface area (Å²) in [6, 6.07) is 11.9. The van der Waals surface area contributed by atoms with Crippen LogP contribution in [0.15, 0.2) is 42.5 Å². The fourth-order valence-electron chi connectivity index (χ4n) is 4.28. The van der Waals surface area contributed by atoms with Crippen molar-refractivity contribution >= 4 is 11.8 Å². The summed E-state index contributed by atoms with van der Waals surface area (Å²) in [5.41, 5.74) is 2.81. The number of amides is 2. The predicted molar refractivity (Wildman–Crippen MR) is 116 cm³/mol. The van der Waals surface area contributed by atoms with Crippen molar-refractivity contribution in [3.05, 3.63) is 65.0 Å². The van der Waals surface area contributed by atoms with Gasteiger partial charge in [-0.1, -0.05) is 25.1 Å². The van der Waals surface area contributed by atoms with Crippen LogP contribution >= 0.6 is 0 Å². The smallest absolute Gasteiger partial charge is 0.261 e. The summed E-state index contributed by atoms with van der Waals surface area (Å²) in [5.74, 6) is 0.339. The lowest BCUT2D eigenvalue weighted by atomic mass is 9.87. The van der Waals surface area contributed by atoms with Gasteiger partial charge in [-0.15, -0.1) is 0 Å². The average Bonchev–Trinajstić information content (AvgIpc) is 3.61. The number of likely N-dealkylation sites (N-methyl/N-ethyl adjacent to an activating group) is 1. The first-order chi connectivity index (χ1) is 15.0. The van der Waals surface area contributed by atoms with Crippen LogP contribution in [-0.2, 0) is 16.0 Å². The largest absolute Gasteiger partial charge is 0.481 e. The molecule has 6 heteroatoms. The Morgan fingerprint density at radius 2 is 2.00 bits per heavy atom. The van der Waals surface area contributed by atoms with Gasteiger partial charge in [0.2, 0.25) is 5.91 Å². The average molecular weight is 425 g/mol. The number of nitrogens with one attached hydrogen (secondary N) is 1. The van der Waals surface area contributed by atoms with Gasteiger partial charge >= 0.3 is 0 Å². The highest BCUT2D eigenvalue weighted by Crippen LogP contribution is 2.41. The number of carbonyl (C=O) groups is 2. The maximum atomic E-state index is 14.1. The molecule has 31 heavy (non-hydrogen) atoms. The zero-order valence-electron chi connectivity index (χ0n) is 18.1. The molecule has 1 aliphatic carbocycles. The van der Waals surface area contributed by atoms with Crippen LogP contribution in [0.2, 0.25) is 0 Å². The third-order valence-corrected chi connectivity index (χ3v) is 6.01. The molecule has 4 rings (SSSR count). The van der Waals surface area contributed by atoms with E-state index in [0.717, 1.165) is 36.0 Å². The van der Waals surface area contributed by atoms with Crippen molar-refractivity contribution in [2.24, 2.45) is 5.92 Å². The Morgan fingerprint density at radius 1 is 1.19 bits per heavy atom. The summed E-state index contributed by atoms with van der Waals surface area (Å²) in [7, 11) is 0. The molecule has 5 nitrogen and oxygen atoms in total. The number of nitrogens with zero attached hydrogens (tertiary/aromatic N) is 1. The molecule has 2 aromatic carbocycles. The number of fused-ring (bicyclic) bond motifs is 1. The van der Waals surface area contributed by atoms with Crippen LogP contribution in [0, 0.1) is 11.7 Å². The molecule has 0 spiro atoms. The Hall–Kier alpha value is -2.89. The summed E-state index contributed by atoms with van der Waals surface area (Å²) < 4.78 is 20.1. The molecular formula is C25H29FN2O3. The summed E-state index contributed by atoms with van der Waals surface area (Å²) >= 11 is 0. The number of carbonyl (C=O) groups excluding carboxylic acids is 2. The second-order valence-electron chi connectivity index (χ2n) is 8.28. The minimum Gasteiger partial charge on any atom is -0.481 e. The molecule has 0 radical (unpaired) electrons. The molecule has 164 valence electrons. The van der Waals surface area contributed by atoms with E-state index in [1.807, 2.05) is 43.0 Å². The molecule has 2 aliphatic rings. The lowest BCUT2D eigenvalue weighted by Crippen LogP contribution is -2.41. The van der Waals surface area contributed by atoms with Gasteiger partial charge in [-0.05, 0) is 73.6 Å². The molecule has 2 atom stereocenters. The van der Waals surface area contributed by atoms with E-state index < -0.39 is 6.10 Å². The van der Waals surface area contributed by atoms with Gasteiger partial charge in [-0.3, -0.25) is 9.59 Å². The second kappa shape index (κ2) is 9.08. The van der Waals surface area contributed by atoms with E-state index in [1.165, 1.54) is 12.1 Å². The van der Waals surface area contributed by atoms with Crippen LogP contribution in [0.25, 0.3) is 0 Å². The molecule has 1 N–H and O–H groups in total. The van der Waals surface area contributed by atoms with E-state index in [9.17, 15) is 14.0 Å². The molecule has 0 bridgehead atoms. The van der Waals surface area contributed by atoms with Crippen molar-refractivity contribution in [2.75, 3.05) is 13.1 Å². The molecule has 2 aromatic rings. The van der Waals surface area contributed by atoms with Crippen LogP contribution in [0.4, 0.5) is 4.39 Å². The lowest BCUT2D eigenvalue weighted by molar-refractivity contribution is -0.134. The summed E-state index contributed by atoms with van der Waals surface area (Å²) in [4.78, 5) is 27.2. The molecule has 2 amide bonds. The van der Waals surface area contributed by atoms with Crippen molar-refractivity contribution in [3.8, 4) is 5.75 Å². The fourth-order valence-corrected chi connectivity index (χ4v) is 4.28. The first-order valence-electron chi connectivity index (χ1n) is 11.1. The van der Waals surface area contributed by atoms with Crippen LogP contribution in [0.1, 0.15) is 55.8 Å². The zero-order chi connectivity index (χ0) is 22.0. The molecule has 1 heterocycles. The van der Waals surface area contributed by atoms with Crippen molar-refractivity contribution in [1.82, 2.24) is 10.2 Å². The number of ether oxygens (including phenoxy) is 1. The second-order valence-corrected chi connectivity index (χ2v) is 8.28. The van der Waals surface area contributed by atoms with Gasteiger partial charge < -0.3 is 15.0 Å². The Labute approximate surface area is 182 Å². The van der Waals surface area contributed by atoms with Crippen molar-refractivity contribution in [1.29, 1.82) is 0 Å². The third kappa shape index (κ3) is 4.58. The topological polar surface area (TPSA) is 58.6 Å². The lowest BCUT2D eigenvalue weighted by Gasteiger charge is -2.38. The molecule has 0 saturated heterocycles. The van der Waals surface area contributed by atoms with Crippen molar-refractivity contribution in [2.45, 2.75) is 51.7 Å². The van der Waals surface area contributed by atoms with Gasteiger partial charge in [0.25, 0.3) is 5.91 Å². The summed E-state index contributed by atoms with van der Waals surface area (Å²) in [5, 5.41) is 2.80. The van der Waals surface area contributed by atoms with Gasteiger partial charge in [-0.25, -0.2) is 4.39 Å². The van der Waals surface area contributed by atoms with Crippen LogP contribution in [-0.4, -0.2) is 35.9 Å². The van der Waals surface area contributed by atoms with Gasteiger partial charge in [0.1, 0.15) is 11.6 Å². The van der Waals surface area contributed by atoms with E-state index in [2.05, 4.69) is 5.32 Å². The van der Waals surface area contributed by atoms with E-state index >= 15 is 0 Å². The zero-order valence-corrected chi connectivity index (χ0v) is 18.1. The molecule has 1 aliphatic heterocycles. The number of rotatable bonds is 7. The van der Waals surface area contributed by atoms with Gasteiger partial charge in [0.15, 0.2) is 6.10 Å². The maximum absolute atomic E-state index is 14.1. The van der Waals surface area contributed by atoms with Gasteiger partial charge in [0.05, 0.1) is 6.04 Å². The minimum absolute atomic E-state index is 0.0826. The first kappa shape index (κ1) is 21.3. The molecule has 1 saturated carbocycles. The highest BCUT2D eigenvalue weighted by molar-refractivity contribution is 5.82. The monoisotopic (exact) mass is 424 g/mol. The van der Waals surface area contributed by atoms with Crippen molar-refractivity contribution in [3.63, 3.8) is 0 Å². The molecule has 1 fully saturated rings. The molecule has 0 aromatic heterocycles. The minimum atomic E-state index is -0.585. The van der Waals surface area contributed by atoms with Crippen LogP contribution in [0.5, 0.6) is 5.75 Å². The van der Waals surface area contributed by atoms with E-state index in [-0.39, 0.29) is 29.6 Å². The number of hydrogen-bond acceptors (Lipinski definition) is 3. The highest BCUT2D eigenvalue weighted by atomic mass is 19.1. The van der Waals surface area contributed by atoms with Crippen LogP contribution in [0.3, 0.4) is 0 Å².